The van der Waals surface area contributed by atoms with E-state index in [1.807, 2.05) is 48.5 Å². The Morgan fingerprint density at radius 2 is 1.71 bits per heavy atom. The zero-order chi connectivity index (χ0) is 16.7. The molecule has 4 rings (SSSR count). The van der Waals surface area contributed by atoms with Gasteiger partial charge in [-0.1, -0.05) is 30.3 Å². The van der Waals surface area contributed by atoms with E-state index < -0.39 is 0 Å². The van der Waals surface area contributed by atoms with Gasteiger partial charge in [0.15, 0.2) is 0 Å². The van der Waals surface area contributed by atoms with E-state index in [2.05, 4.69) is 20.9 Å². The lowest BCUT2D eigenvalue weighted by Crippen LogP contribution is -1.90. The van der Waals surface area contributed by atoms with Crippen molar-refractivity contribution in [2.45, 2.75) is 0 Å². The van der Waals surface area contributed by atoms with E-state index in [1.165, 1.54) is 0 Å². The number of pyridine rings is 1. The van der Waals surface area contributed by atoms with Crippen molar-refractivity contribution >= 4 is 33.3 Å². The predicted octanol–water partition coefficient (Wildman–Crippen LogP) is 5.32. The fourth-order valence-corrected chi connectivity index (χ4v) is 3.38. The summed E-state index contributed by atoms with van der Waals surface area (Å²) in [6.07, 6.45) is 3.74. The van der Waals surface area contributed by atoms with Crippen LogP contribution in [0.3, 0.4) is 0 Å². The molecule has 0 radical (unpaired) electrons. The molecule has 1 aromatic heterocycles. The van der Waals surface area contributed by atoms with Crippen LogP contribution in [0, 0.1) is 10.1 Å². The van der Waals surface area contributed by atoms with Crippen LogP contribution in [0.1, 0.15) is 16.7 Å². The molecule has 1 aliphatic rings. The first-order valence-corrected chi connectivity index (χ1v) is 8.15. The van der Waals surface area contributed by atoms with Crippen LogP contribution < -0.4 is 0 Å². The van der Waals surface area contributed by atoms with Crippen LogP contribution in [0.15, 0.2) is 65.4 Å². The van der Waals surface area contributed by atoms with Gasteiger partial charge in [-0.2, -0.15) is 0 Å². The SMILES string of the molecule is O=[N+]([O-])c1ccc2c(c1)C(=Cc1cccnc1Br)c1ccccc1-2. The molecule has 0 fully saturated rings. The minimum atomic E-state index is -0.360. The molecule has 0 unspecified atom stereocenters. The van der Waals surface area contributed by atoms with Crippen LogP contribution in [0.2, 0.25) is 0 Å². The Hall–Kier alpha value is -2.79. The Kier molecular flexibility index (Phi) is 3.50. The second kappa shape index (κ2) is 5.69. The molecule has 0 N–H and O–H groups in total. The number of halogens is 1. The van der Waals surface area contributed by atoms with Gasteiger partial charge in [0.25, 0.3) is 5.69 Å². The average Bonchev–Trinajstić information content (AvgIpc) is 2.90. The van der Waals surface area contributed by atoms with Crippen molar-refractivity contribution in [3.8, 4) is 11.1 Å². The molecule has 5 heteroatoms. The van der Waals surface area contributed by atoms with Gasteiger partial charge in [0.05, 0.1) is 4.92 Å². The van der Waals surface area contributed by atoms with Crippen LogP contribution in [0.25, 0.3) is 22.8 Å². The summed E-state index contributed by atoms with van der Waals surface area (Å²) in [5, 5.41) is 11.2. The van der Waals surface area contributed by atoms with E-state index in [1.54, 1.807) is 18.3 Å². The highest BCUT2D eigenvalue weighted by Gasteiger charge is 2.25. The number of rotatable bonds is 2. The second-order valence-corrected chi connectivity index (χ2v) is 6.23. The van der Waals surface area contributed by atoms with Gasteiger partial charge in [-0.15, -0.1) is 0 Å². The topological polar surface area (TPSA) is 56.0 Å². The maximum absolute atomic E-state index is 11.2. The molecular formula is C19H11BrN2O2. The van der Waals surface area contributed by atoms with Crippen molar-refractivity contribution in [2.75, 3.05) is 0 Å². The number of fused-ring (bicyclic) bond motifs is 3. The average molecular weight is 379 g/mol. The van der Waals surface area contributed by atoms with Gasteiger partial charge in [-0.25, -0.2) is 4.98 Å². The summed E-state index contributed by atoms with van der Waals surface area (Å²) >= 11 is 3.46. The second-order valence-electron chi connectivity index (χ2n) is 5.47. The van der Waals surface area contributed by atoms with Crippen LogP contribution in [0.4, 0.5) is 5.69 Å². The number of hydrogen-bond donors (Lipinski definition) is 0. The molecule has 116 valence electrons. The molecule has 0 atom stereocenters. The summed E-state index contributed by atoms with van der Waals surface area (Å²) in [6.45, 7) is 0. The molecule has 1 aliphatic carbocycles. The van der Waals surface area contributed by atoms with E-state index >= 15 is 0 Å². The molecule has 0 saturated carbocycles. The summed E-state index contributed by atoms with van der Waals surface area (Å²) in [6, 6.07) is 16.9. The Morgan fingerprint density at radius 3 is 2.46 bits per heavy atom. The van der Waals surface area contributed by atoms with E-state index in [-0.39, 0.29) is 10.6 Å². The van der Waals surface area contributed by atoms with E-state index in [9.17, 15) is 10.1 Å². The minimum Gasteiger partial charge on any atom is -0.258 e. The quantitative estimate of drug-likeness (QED) is 0.269. The number of aromatic nitrogens is 1. The third kappa shape index (κ3) is 2.34. The molecule has 0 spiro atoms. The highest BCUT2D eigenvalue weighted by molar-refractivity contribution is 9.10. The van der Waals surface area contributed by atoms with Crippen molar-refractivity contribution in [1.82, 2.24) is 4.98 Å². The predicted molar refractivity (Wildman–Crippen MR) is 97.4 cm³/mol. The fraction of sp³-hybridized carbons (Fsp3) is 0. The summed E-state index contributed by atoms with van der Waals surface area (Å²) in [5.74, 6) is 0. The fourth-order valence-electron chi connectivity index (χ4n) is 3.02. The van der Waals surface area contributed by atoms with Crippen molar-refractivity contribution in [1.29, 1.82) is 0 Å². The van der Waals surface area contributed by atoms with E-state index in [0.29, 0.717) is 0 Å². The lowest BCUT2D eigenvalue weighted by molar-refractivity contribution is -0.384. The summed E-state index contributed by atoms with van der Waals surface area (Å²) < 4.78 is 0.744. The molecule has 2 aromatic carbocycles. The van der Waals surface area contributed by atoms with E-state index in [0.717, 1.165) is 38.0 Å². The number of nitro benzene ring substituents is 1. The lowest BCUT2D eigenvalue weighted by Gasteiger charge is -2.04. The van der Waals surface area contributed by atoms with E-state index in [4.69, 9.17) is 0 Å². The highest BCUT2D eigenvalue weighted by atomic mass is 79.9. The zero-order valence-corrected chi connectivity index (χ0v) is 14.0. The van der Waals surface area contributed by atoms with Gasteiger partial charge in [-0.05, 0) is 62.0 Å². The standard InChI is InChI=1S/C19H11BrN2O2/c20-19-12(4-3-9-21-19)10-17-15-6-2-1-5-14(15)16-8-7-13(22(23)24)11-18(16)17/h1-11H. The van der Waals surface area contributed by atoms with Crippen LogP contribution in [0.5, 0.6) is 0 Å². The van der Waals surface area contributed by atoms with Crippen LogP contribution in [-0.4, -0.2) is 9.91 Å². The van der Waals surface area contributed by atoms with Crippen molar-refractivity contribution in [3.05, 3.63) is 92.2 Å². The number of hydrogen-bond acceptors (Lipinski definition) is 3. The van der Waals surface area contributed by atoms with Crippen LogP contribution in [-0.2, 0) is 0 Å². The molecule has 4 nitrogen and oxygen atoms in total. The maximum atomic E-state index is 11.2. The number of non-ortho nitro benzene ring substituents is 1. The van der Waals surface area contributed by atoms with Gasteiger partial charge >= 0.3 is 0 Å². The number of nitro groups is 1. The normalized spacial score (nSPS) is 13.6. The van der Waals surface area contributed by atoms with Crippen molar-refractivity contribution < 1.29 is 4.92 Å². The third-order valence-corrected chi connectivity index (χ3v) is 4.76. The van der Waals surface area contributed by atoms with Gasteiger partial charge in [0.2, 0.25) is 0 Å². The number of benzene rings is 2. The summed E-state index contributed by atoms with van der Waals surface area (Å²) in [4.78, 5) is 15.0. The first-order chi connectivity index (χ1) is 11.6. The first kappa shape index (κ1) is 14.8. The molecular weight excluding hydrogens is 368 g/mol. The molecule has 0 aliphatic heterocycles. The Bertz CT molecular complexity index is 1010. The summed E-state index contributed by atoms with van der Waals surface area (Å²) in [5.41, 5.74) is 6.05. The maximum Gasteiger partial charge on any atom is 0.270 e. The van der Waals surface area contributed by atoms with Gasteiger partial charge in [0.1, 0.15) is 4.60 Å². The Morgan fingerprint density at radius 1 is 0.958 bits per heavy atom. The third-order valence-electron chi connectivity index (χ3n) is 4.10. The summed E-state index contributed by atoms with van der Waals surface area (Å²) in [7, 11) is 0. The van der Waals surface area contributed by atoms with Gasteiger partial charge in [-0.3, -0.25) is 10.1 Å². The Labute approximate surface area is 146 Å². The first-order valence-electron chi connectivity index (χ1n) is 7.36. The monoisotopic (exact) mass is 378 g/mol. The zero-order valence-electron chi connectivity index (χ0n) is 12.4. The Balaban J connectivity index is 1.99. The largest absolute Gasteiger partial charge is 0.270 e. The van der Waals surface area contributed by atoms with Crippen molar-refractivity contribution in [2.24, 2.45) is 0 Å². The molecule has 24 heavy (non-hydrogen) atoms. The van der Waals surface area contributed by atoms with Crippen LogP contribution >= 0.6 is 15.9 Å². The molecule has 0 saturated heterocycles. The number of nitrogens with zero attached hydrogens (tertiary/aromatic N) is 2. The lowest BCUT2D eigenvalue weighted by atomic mass is 10.0. The molecule has 0 amide bonds. The van der Waals surface area contributed by atoms with Crippen molar-refractivity contribution in [3.63, 3.8) is 0 Å². The highest BCUT2D eigenvalue weighted by Crippen LogP contribution is 2.46. The van der Waals surface area contributed by atoms with Gasteiger partial charge in [0, 0.05) is 23.9 Å². The molecule has 3 aromatic rings. The molecule has 0 bridgehead atoms. The minimum absolute atomic E-state index is 0.0951. The molecule has 1 heterocycles. The smallest absolute Gasteiger partial charge is 0.258 e. The van der Waals surface area contributed by atoms with Gasteiger partial charge < -0.3 is 0 Å².